The van der Waals surface area contributed by atoms with Gasteiger partial charge in [-0.05, 0) is 43.4 Å². The zero-order valence-electron chi connectivity index (χ0n) is 11.7. The number of aryl methyl sites for hydroxylation is 2. The van der Waals surface area contributed by atoms with E-state index in [1.807, 2.05) is 0 Å². The van der Waals surface area contributed by atoms with Crippen LogP contribution in [0.25, 0.3) is 0 Å². The number of benzene rings is 1. The van der Waals surface area contributed by atoms with E-state index in [1.54, 1.807) is 0 Å². The molecular weight excluding hydrogens is 240 g/mol. The van der Waals surface area contributed by atoms with Gasteiger partial charge >= 0.3 is 0 Å². The van der Waals surface area contributed by atoms with Crippen LogP contribution >= 0.6 is 0 Å². The van der Waals surface area contributed by atoms with Gasteiger partial charge in [-0.1, -0.05) is 18.2 Å². The van der Waals surface area contributed by atoms with Crippen LogP contribution in [0, 0.1) is 13.8 Å². The third kappa shape index (κ3) is 2.31. The number of rotatable bonds is 1. The van der Waals surface area contributed by atoms with E-state index in [4.69, 9.17) is 9.47 Å². The molecule has 1 aromatic carbocycles. The second kappa shape index (κ2) is 4.58. The maximum Gasteiger partial charge on any atom is 0.168 e. The van der Waals surface area contributed by atoms with Gasteiger partial charge in [0.15, 0.2) is 5.79 Å². The van der Waals surface area contributed by atoms with Crippen molar-refractivity contribution < 1.29 is 14.6 Å². The van der Waals surface area contributed by atoms with Crippen molar-refractivity contribution in [3.05, 3.63) is 34.9 Å². The smallest absolute Gasteiger partial charge is 0.168 e. The standard InChI is InChI=1S/C16H22O3/c1-12-3-4-14(11-13(12)2)15(17)5-7-16(8-6-15)18-9-10-19-16/h3-4,11,17H,5-10H2,1-2H3. The fourth-order valence-corrected chi connectivity index (χ4v) is 3.15. The highest BCUT2D eigenvalue weighted by Gasteiger charge is 2.46. The molecule has 1 aromatic rings. The molecular formula is C16H22O3. The Bertz CT molecular complexity index is 465. The maximum absolute atomic E-state index is 10.9. The molecule has 1 aliphatic heterocycles. The van der Waals surface area contributed by atoms with Gasteiger partial charge in [0.25, 0.3) is 0 Å². The molecule has 2 fully saturated rings. The first kappa shape index (κ1) is 13.1. The molecule has 0 atom stereocenters. The third-order valence-electron chi connectivity index (χ3n) is 4.70. The molecule has 1 saturated carbocycles. The first-order chi connectivity index (χ1) is 9.03. The first-order valence-electron chi connectivity index (χ1n) is 7.11. The van der Waals surface area contributed by atoms with Gasteiger partial charge in [-0.3, -0.25) is 0 Å². The molecule has 3 nitrogen and oxygen atoms in total. The molecule has 1 spiro atoms. The predicted molar refractivity (Wildman–Crippen MR) is 72.9 cm³/mol. The zero-order chi connectivity index (χ0) is 13.5. The monoisotopic (exact) mass is 262 g/mol. The van der Waals surface area contributed by atoms with Crippen molar-refractivity contribution in [2.75, 3.05) is 13.2 Å². The molecule has 1 N–H and O–H groups in total. The quantitative estimate of drug-likeness (QED) is 0.846. The van der Waals surface area contributed by atoms with Crippen LogP contribution < -0.4 is 0 Å². The molecule has 0 unspecified atom stereocenters. The summed E-state index contributed by atoms with van der Waals surface area (Å²) in [5.41, 5.74) is 2.81. The lowest BCUT2D eigenvalue weighted by Crippen LogP contribution is -2.42. The minimum Gasteiger partial charge on any atom is -0.385 e. The Morgan fingerprint density at radius 1 is 0.947 bits per heavy atom. The van der Waals surface area contributed by atoms with Crippen LogP contribution in [0.1, 0.15) is 42.4 Å². The Labute approximate surface area is 114 Å². The topological polar surface area (TPSA) is 38.7 Å². The van der Waals surface area contributed by atoms with Crippen LogP contribution in [-0.2, 0) is 15.1 Å². The summed E-state index contributed by atoms with van der Waals surface area (Å²) in [5.74, 6) is -0.411. The molecule has 3 rings (SSSR count). The van der Waals surface area contributed by atoms with Gasteiger partial charge in [-0.15, -0.1) is 0 Å². The van der Waals surface area contributed by atoms with Gasteiger partial charge in [-0.25, -0.2) is 0 Å². The van der Waals surface area contributed by atoms with E-state index in [9.17, 15) is 5.11 Å². The maximum atomic E-state index is 10.9. The van der Waals surface area contributed by atoms with Gasteiger partial charge in [0.05, 0.1) is 18.8 Å². The van der Waals surface area contributed by atoms with Crippen LogP contribution in [0.5, 0.6) is 0 Å². The van der Waals surface area contributed by atoms with Crippen molar-refractivity contribution in [3.63, 3.8) is 0 Å². The molecule has 1 heterocycles. The van der Waals surface area contributed by atoms with Gasteiger partial charge in [-0.2, -0.15) is 0 Å². The molecule has 2 aliphatic rings. The SMILES string of the molecule is Cc1ccc(C2(O)CCC3(CC2)OCCO3)cc1C. The zero-order valence-corrected chi connectivity index (χ0v) is 11.7. The number of hydrogen-bond acceptors (Lipinski definition) is 3. The van der Waals surface area contributed by atoms with Crippen LogP contribution in [0.15, 0.2) is 18.2 Å². The highest BCUT2D eigenvalue weighted by atomic mass is 16.7. The number of aliphatic hydroxyl groups is 1. The fraction of sp³-hybridized carbons (Fsp3) is 0.625. The van der Waals surface area contributed by atoms with E-state index in [-0.39, 0.29) is 0 Å². The van der Waals surface area contributed by atoms with Gasteiger partial charge < -0.3 is 14.6 Å². The average Bonchev–Trinajstić information content (AvgIpc) is 2.86. The van der Waals surface area contributed by atoms with Crippen LogP contribution in [0.2, 0.25) is 0 Å². The number of hydrogen-bond donors (Lipinski definition) is 1. The summed E-state index contributed by atoms with van der Waals surface area (Å²) in [4.78, 5) is 0. The molecule has 3 heteroatoms. The average molecular weight is 262 g/mol. The van der Waals surface area contributed by atoms with Crippen LogP contribution in [0.4, 0.5) is 0 Å². The van der Waals surface area contributed by atoms with Gasteiger partial charge in [0.1, 0.15) is 0 Å². The third-order valence-corrected chi connectivity index (χ3v) is 4.70. The summed E-state index contributed by atoms with van der Waals surface area (Å²) in [7, 11) is 0. The summed E-state index contributed by atoms with van der Waals surface area (Å²) in [6.07, 6.45) is 2.96. The Hall–Kier alpha value is -0.900. The fourth-order valence-electron chi connectivity index (χ4n) is 3.15. The van der Waals surface area contributed by atoms with Crippen molar-refractivity contribution in [1.82, 2.24) is 0 Å². The summed E-state index contributed by atoms with van der Waals surface area (Å²) in [5, 5.41) is 10.9. The molecule has 104 valence electrons. The second-order valence-electron chi connectivity index (χ2n) is 5.94. The molecule has 0 aromatic heterocycles. The van der Waals surface area contributed by atoms with Crippen LogP contribution in [-0.4, -0.2) is 24.1 Å². The molecule has 1 saturated heterocycles. The predicted octanol–water partition coefficient (Wildman–Crippen LogP) is 2.81. The minimum atomic E-state index is -0.723. The highest BCUT2D eigenvalue weighted by Crippen LogP contribution is 2.45. The van der Waals surface area contributed by atoms with Gasteiger partial charge in [0.2, 0.25) is 0 Å². The summed E-state index contributed by atoms with van der Waals surface area (Å²) < 4.78 is 11.4. The highest BCUT2D eigenvalue weighted by molar-refractivity contribution is 5.33. The molecule has 1 aliphatic carbocycles. The summed E-state index contributed by atoms with van der Waals surface area (Å²) in [6.45, 7) is 5.55. The van der Waals surface area contributed by atoms with Gasteiger partial charge in [0, 0.05) is 12.8 Å². The van der Waals surface area contributed by atoms with Crippen molar-refractivity contribution in [2.45, 2.75) is 50.9 Å². The molecule has 19 heavy (non-hydrogen) atoms. The molecule has 0 radical (unpaired) electrons. The van der Waals surface area contributed by atoms with Crippen molar-refractivity contribution >= 4 is 0 Å². The Kier molecular flexibility index (Phi) is 3.16. The lowest BCUT2D eigenvalue weighted by Gasteiger charge is -2.41. The summed E-state index contributed by atoms with van der Waals surface area (Å²) in [6, 6.07) is 6.26. The number of ether oxygens (including phenoxy) is 2. The molecule has 0 amide bonds. The van der Waals surface area contributed by atoms with E-state index in [1.165, 1.54) is 11.1 Å². The lowest BCUT2D eigenvalue weighted by atomic mass is 9.76. The van der Waals surface area contributed by atoms with Crippen LogP contribution in [0.3, 0.4) is 0 Å². The molecule has 0 bridgehead atoms. The normalized spacial score (nSPS) is 24.8. The Morgan fingerprint density at radius 3 is 2.16 bits per heavy atom. The van der Waals surface area contributed by atoms with E-state index < -0.39 is 11.4 Å². The lowest BCUT2D eigenvalue weighted by molar-refractivity contribution is -0.204. The Morgan fingerprint density at radius 2 is 1.58 bits per heavy atom. The Balaban J connectivity index is 1.79. The van der Waals surface area contributed by atoms with E-state index >= 15 is 0 Å². The minimum absolute atomic E-state index is 0.411. The van der Waals surface area contributed by atoms with E-state index in [0.717, 1.165) is 18.4 Å². The largest absolute Gasteiger partial charge is 0.385 e. The first-order valence-corrected chi connectivity index (χ1v) is 7.11. The van der Waals surface area contributed by atoms with E-state index in [2.05, 4.69) is 32.0 Å². The second-order valence-corrected chi connectivity index (χ2v) is 5.94. The van der Waals surface area contributed by atoms with Crippen molar-refractivity contribution in [1.29, 1.82) is 0 Å². The van der Waals surface area contributed by atoms with E-state index in [0.29, 0.717) is 26.1 Å². The summed E-state index contributed by atoms with van der Waals surface area (Å²) >= 11 is 0. The van der Waals surface area contributed by atoms with Crippen molar-refractivity contribution in [3.8, 4) is 0 Å². The van der Waals surface area contributed by atoms with Crippen molar-refractivity contribution in [2.24, 2.45) is 0 Å².